The second-order valence-electron chi connectivity index (χ2n) is 6.23. The first kappa shape index (κ1) is 16.7. The van der Waals surface area contributed by atoms with Crippen molar-refractivity contribution in [2.24, 2.45) is 0 Å². The molecule has 0 aliphatic rings. The molecule has 120 valence electrons. The second kappa shape index (κ2) is 6.62. The fourth-order valence-corrected chi connectivity index (χ4v) is 2.07. The maximum Gasteiger partial charge on any atom is 0.336 e. The van der Waals surface area contributed by atoms with E-state index in [0.29, 0.717) is 11.3 Å². The molecule has 0 saturated carbocycles. The van der Waals surface area contributed by atoms with Crippen LogP contribution in [0.3, 0.4) is 0 Å². The summed E-state index contributed by atoms with van der Waals surface area (Å²) in [5.74, 6) is -1.47. The molecular weight excluding hydrogens is 292 g/mol. The van der Waals surface area contributed by atoms with E-state index in [2.05, 4.69) is 10.9 Å². The molecule has 2 aromatic carbocycles. The molecular formula is C18H20N2O3. The van der Waals surface area contributed by atoms with Crippen LogP contribution in [0.15, 0.2) is 48.5 Å². The maximum atomic E-state index is 12.8. The summed E-state index contributed by atoms with van der Waals surface area (Å²) in [6.45, 7) is 5.87. The predicted octanol–water partition coefficient (Wildman–Crippen LogP) is 3.33. The summed E-state index contributed by atoms with van der Waals surface area (Å²) in [4.78, 5) is 24.3. The first-order valence-corrected chi connectivity index (χ1v) is 7.29. The summed E-state index contributed by atoms with van der Waals surface area (Å²) in [7, 11) is 0. The highest BCUT2D eigenvalue weighted by molar-refractivity contribution is 6.17. The summed E-state index contributed by atoms with van der Waals surface area (Å²) >= 11 is 0. The van der Waals surface area contributed by atoms with Crippen molar-refractivity contribution in [3.8, 4) is 0 Å². The summed E-state index contributed by atoms with van der Waals surface area (Å²) in [5, 5.41) is 9.41. The van der Waals surface area contributed by atoms with E-state index in [9.17, 15) is 14.7 Å². The third-order valence-corrected chi connectivity index (χ3v) is 3.13. The molecule has 0 amide bonds. The molecule has 23 heavy (non-hydrogen) atoms. The van der Waals surface area contributed by atoms with Gasteiger partial charge in [0, 0.05) is 11.1 Å². The Balaban J connectivity index is 2.50. The molecule has 0 radical (unpaired) electrons. The molecule has 0 spiro atoms. The summed E-state index contributed by atoms with van der Waals surface area (Å²) in [5.41, 5.74) is 6.77. The fourth-order valence-electron chi connectivity index (χ4n) is 2.07. The SMILES string of the molecule is CC(C)(C)NNc1cccc(C(=O)O)c1C(=O)c1ccccc1. The molecule has 3 N–H and O–H groups in total. The third-order valence-electron chi connectivity index (χ3n) is 3.13. The highest BCUT2D eigenvalue weighted by Gasteiger charge is 2.22. The largest absolute Gasteiger partial charge is 0.478 e. The lowest BCUT2D eigenvalue weighted by atomic mass is 9.96. The minimum atomic E-state index is -1.14. The average Bonchev–Trinajstić information content (AvgIpc) is 2.52. The number of hydrogen-bond acceptors (Lipinski definition) is 4. The zero-order valence-electron chi connectivity index (χ0n) is 13.4. The van der Waals surface area contributed by atoms with Gasteiger partial charge in [-0.15, -0.1) is 0 Å². The smallest absolute Gasteiger partial charge is 0.336 e. The van der Waals surface area contributed by atoms with Gasteiger partial charge in [-0.3, -0.25) is 4.79 Å². The molecule has 0 aliphatic carbocycles. The summed E-state index contributed by atoms with van der Waals surface area (Å²) in [6, 6.07) is 13.4. The summed E-state index contributed by atoms with van der Waals surface area (Å²) in [6.07, 6.45) is 0. The average molecular weight is 312 g/mol. The molecule has 0 saturated heterocycles. The minimum absolute atomic E-state index is 0.0282. The Morgan fingerprint density at radius 1 is 0.957 bits per heavy atom. The molecule has 0 aliphatic heterocycles. The second-order valence-corrected chi connectivity index (χ2v) is 6.23. The van der Waals surface area contributed by atoms with Crippen molar-refractivity contribution in [3.63, 3.8) is 0 Å². The van der Waals surface area contributed by atoms with E-state index in [4.69, 9.17) is 0 Å². The van der Waals surface area contributed by atoms with Gasteiger partial charge in [-0.2, -0.15) is 0 Å². The Labute approximate surface area is 135 Å². The van der Waals surface area contributed by atoms with Crippen LogP contribution in [0.1, 0.15) is 47.1 Å². The highest BCUT2D eigenvalue weighted by atomic mass is 16.4. The van der Waals surface area contributed by atoms with Gasteiger partial charge in [0.25, 0.3) is 0 Å². The van der Waals surface area contributed by atoms with Gasteiger partial charge >= 0.3 is 5.97 Å². The van der Waals surface area contributed by atoms with Crippen molar-refractivity contribution in [1.29, 1.82) is 0 Å². The van der Waals surface area contributed by atoms with Crippen LogP contribution in [0.5, 0.6) is 0 Å². The van der Waals surface area contributed by atoms with E-state index in [0.717, 1.165) is 0 Å². The van der Waals surface area contributed by atoms with Crippen LogP contribution in [0.25, 0.3) is 0 Å². The van der Waals surface area contributed by atoms with Gasteiger partial charge in [0.1, 0.15) is 0 Å². The number of carboxylic acid groups (broad SMARTS) is 1. The first-order valence-electron chi connectivity index (χ1n) is 7.29. The number of hydrogen-bond donors (Lipinski definition) is 3. The Morgan fingerprint density at radius 3 is 2.17 bits per heavy atom. The topological polar surface area (TPSA) is 78.4 Å². The number of aromatic carboxylic acids is 1. The van der Waals surface area contributed by atoms with E-state index < -0.39 is 5.97 Å². The zero-order chi connectivity index (χ0) is 17.0. The molecule has 5 heteroatoms. The Kier molecular flexibility index (Phi) is 4.81. The van der Waals surface area contributed by atoms with Crippen molar-refractivity contribution >= 4 is 17.4 Å². The number of hydrazine groups is 1. The summed E-state index contributed by atoms with van der Waals surface area (Å²) < 4.78 is 0. The van der Waals surface area contributed by atoms with Crippen molar-refractivity contribution in [3.05, 3.63) is 65.2 Å². The number of carboxylic acids is 1. The van der Waals surface area contributed by atoms with Gasteiger partial charge in [0.2, 0.25) is 0 Å². The van der Waals surface area contributed by atoms with E-state index in [1.165, 1.54) is 6.07 Å². The first-order chi connectivity index (χ1) is 10.8. The minimum Gasteiger partial charge on any atom is -0.478 e. The molecule has 0 atom stereocenters. The van der Waals surface area contributed by atoms with Crippen LogP contribution in [-0.2, 0) is 0 Å². The number of ketones is 1. The van der Waals surface area contributed by atoms with Crippen molar-refractivity contribution in [2.45, 2.75) is 26.3 Å². The molecule has 0 aromatic heterocycles. The van der Waals surface area contributed by atoms with Crippen LogP contribution < -0.4 is 10.9 Å². The molecule has 0 unspecified atom stereocenters. The molecule has 5 nitrogen and oxygen atoms in total. The molecule has 2 aromatic rings. The van der Waals surface area contributed by atoms with Crippen molar-refractivity contribution in [1.82, 2.24) is 5.43 Å². The van der Waals surface area contributed by atoms with E-state index >= 15 is 0 Å². The van der Waals surface area contributed by atoms with Gasteiger partial charge in [-0.1, -0.05) is 36.4 Å². The van der Waals surface area contributed by atoms with Crippen molar-refractivity contribution < 1.29 is 14.7 Å². The number of anilines is 1. The molecule has 0 bridgehead atoms. The Hall–Kier alpha value is -2.66. The zero-order valence-corrected chi connectivity index (χ0v) is 13.4. The van der Waals surface area contributed by atoms with Gasteiger partial charge < -0.3 is 10.5 Å². The van der Waals surface area contributed by atoms with E-state index in [1.54, 1.807) is 42.5 Å². The molecule has 0 heterocycles. The quantitative estimate of drug-likeness (QED) is 0.583. The lowest BCUT2D eigenvalue weighted by Gasteiger charge is -2.23. The lowest BCUT2D eigenvalue weighted by Crippen LogP contribution is -2.40. The fraction of sp³-hybridized carbons (Fsp3) is 0.222. The van der Waals surface area contributed by atoms with Crippen LogP contribution in [0.4, 0.5) is 5.69 Å². The monoisotopic (exact) mass is 312 g/mol. The lowest BCUT2D eigenvalue weighted by molar-refractivity contribution is 0.0693. The number of rotatable bonds is 5. The van der Waals surface area contributed by atoms with Gasteiger partial charge in [0.05, 0.1) is 16.8 Å². The maximum absolute atomic E-state index is 12.8. The highest BCUT2D eigenvalue weighted by Crippen LogP contribution is 2.24. The van der Waals surface area contributed by atoms with E-state index in [-0.39, 0.29) is 22.4 Å². The number of nitrogens with one attached hydrogen (secondary N) is 2. The van der Waals surface area contributed by atoms with Crippen LogP contribution in [-0.4, -0.2) is 22.4 Å². The standard InChI is InChI=1S/C18H20N2O3/c1-18(2,3)20-19-14-11-7-10-13(17(22)23)15(14)16(21)12-8-5-4-6-9-12/h4-11,19-20H,1-3H3,(H,22,23). The van der Waals surface area contributed by atoms with E-state index in [1.807, 2.05) is 20.8 Å². The predicted molar refractivity (Wildman–Crippen MR) is 89.8 cm³/mol. The van der Waals surface area contributed by atoms with Crippen LogP contribution in [0.2, 0.25) is 0 Å². The van der Waals surface area contributed by atoms with Crippen LogP contribution >= 0.6 is 0 Å². The van der Waals surface area contributed by atoms with Crippen molar-refractivity contribution in [2.75, 3.05) is 5.43 Å². The van der Waals surface area contributed by atoms with Gasteiger partial charge in [-0.25, -0.2) is 10.2 Å². The van der Waals surface area contributed by atoms with Gasteiger partial charge in [0.15, 0.2) is 5.78 Å². The number of benzene rings is 2. The number of carbonyl (C=O) groups is 2. The molecule has 0 fully saturated rings. The number of carbonyl (C=O) groups excluding carboxylic acids is 1. The third kappa shape index (κ3) is 4.17. The normalized spacial score (nSPS) is 11.1. The Bertz CT molecular complexity index is 719. The van der Waals surface area contributed by atoms with Crippen LogP contribution in [0, 0.1) is 0 Å². The molecule has 2 rings (SSSR count). The van der Waals surface area contributed by atoms with Gasteiger partial charge in [-0.05, 0) is 32.9 Å². The Morgan fingerprint density at radius 2 is 1.61 bits per heavy atom.